The predicted molar refractivity (Wildman–Crippen MR) is 138 cm³/mol. The van der Waals surface area contributed by atoms with Crippen LogP contribution >= 0.6 is 7.52 Å². The number of nitrogens with zero attached hydrogens (tertiary/aromatic N) is 4. The van der Waals surface area contributed by atoms with Crippen LogP contribution in [0.2, 0.25) is 0 Å². The second-order valence-corrected chi connectivity index (χ2v) is 10.7. The van der Waals surface area contributed by atoms with Crippen molar-refractivity contribution in [1.82, 2.24) is 29.9 Å². The van der Waals surface area contributed by atoms with Gasteiger partial charge >= 0.3 is 7.52 Å². The fourth-order valence-corrected chi connectivity index (χ4v) is 5.20. The molecule has 13 nitrogen and oxygen atoms in total. The second-order valence-electron chi connectivity index (χ2n) is 8.67. The van der Waals surface area contributed by atoms with E-state index in [1.54, 1.807) is 42.3 Å². The maximum atomic E-state index is 14.0. The van der Waals surface area contributed by atoms with E-state index < -0.39 is 19.7 Å². The van der Waals surface area contributed by atoms with Crippen LogP contribution < -0.4 is 25.4 Å². The van der Waals surface area contributed by atoms with E-state index in [2.05, 4.69) is 25.4 Å². The monoisotopic (exact) mass is 535 g/mol. The molecule has 14 heteroatoms. The molecule has 0 bridgehead atoms. The van der Waals surface area contributed by atoms with Gasteiger partial charge in [-0.05, 0) is 45.0 Å². The number of aromatic nitrogens is 4. The van der Waals surface area contributed by atoms with Gasteiger partial charge in [0, 0.05) is 13.2 Å². The Bertz CT molecular complexity index is 1220. The van der Waals surface area contributed by atoms with Crippen LogP contribution in [0.25, 0.3) is 11.2 Å². The van der Waals surface area contributed by atoms with Crippen molar-refractivity contribution in [3.8, 4) is 11.5 Å². The zero-order chi connectivity index (χ0) is 27.0. The fraction of sp³-hybridized carbons (Fsp3) is 0.478. The minimum Gasteiger partial charge on any atom is -0.497 e. The molecule has 2 heterocycles. The molecule has 1 aromatic carbocycles. The molecule has 202 valence electrons. The van der Waals surface area contributed by atoms with Gasteiger partial charge in [-0.25, -0.2) is 20.0 Å². The molecule has 2 aromatic heterocycles. The zero-order valence-corrected chi connectivity index (χ0v) is 22.5. The smallest absolute Gasteiger partial charge is 0.342 e. The van der Waals surface area contributed by atoms with E-state index in [4.69, 9.17) is 24.5 Å². The molecule has 3 atom stereocenters. The maximum Gasteiger partial charge on any atom is 0.342 e. The summed E-state index contributed by atoms with van der Waals surface area (Å²) in [5, 5.41) is 5.65. The van der Waals surface area contributed by atoms with Crippen LogP contribution in [-0.4, -0.2) is 70.8 Å². The van der Waals surface area contributed by atoms with Crippen LogP contribution in [-0.2, 0) is 25.4 Å². The van der Waals surface area contributed by atoms with Gasteiger partial charge in [0.25, 0.3) is 0 Å². The predicted octanol–water partition coefficient (Wildman–Crippen LogP) is 2.18. The van der Waals surface area contributed by atoms with E-state index in [0.717, 1.165) is 0 Å². The molecule has 0 radical (unpaired) electrons. The molecular weight excluding hydrogens is 501 g/mol. The summed E-state index contributed by atoms with van der Waals surface area (Å²) < 4.78 is 37.9. The average Bonchev–Trinajstić information content (AvgIpc) is 3.26. The second kappa shape index (κ2) is 12.8. The van der Waals surface area contributed by atoms with Gasteiger partial charge in [0.05, 0.1) is 32.7 Å². The summed E-state index contributed by atoms with van der Waals surface area (Å²) in [5.74, 6) is 0.847. The molecule has 0 spiro atoms. The SMILES string of the molecule is COCC(NP(=O)(CO[C@H](C)Cn1cnc2c(N)ncnc21)Oc1ccc(OC)cc1)C(=O)NC(C)C. The molecule has 0 aliphatic rings. The number of carbonyl (C=O) groups excluding carboxylic acids is 1. The van der Waals surface area contributed by atoms with Gasteiger partial charge in [0.1, 0.15) is 35.7 Å². The highest BCUT2D eigenvalue weighted by atomic mass is 31.2. The van der Waals surface area contributed by atoms with E-state index in [1.165, 1.54) is 13.4 Å². The maximum absolute atomic E-state index is 14.0. The standard InChI is InChI=1S/C23H34N7O6P/c1-15(2)28-23(31)19(11-33-4)29-37(32,36-18-8-6-17(34-5)7-9-18)14-35-16(3)10-30-13-27-20-21(24)25-12-26-22(20)30/h6-9,12-13,15-16,19H,10-11,14H2,1-5H3,(H,28,31)(H,29,32)(H2,24,25,26)/t16-,19?,37?/m1/s1. The Kier molecular flexibility index (Phi) is 9.81. The van der Waals surface area contributed by atoms with Gasteiger partial charge < -0.3 is 34.4 Å². The molecule has 0 saturated carbocycles. The van der Waals surface area contributed by atoms with Crippen LogP contribution in [0.5, 0.6) is 11.5 Å². The van der Waals surface area contributed by atoms with Gasteiger partial charge in [-0.3, -0.25) is 9.36 Å². The highest BCUT2D eigenvalue weighted by molar-refractivity contribution is 7.57. The van der Waals surface area contributed by atoms with Crippen molar-refractivity contribution in [2.75, 3.05) is 32.9 Å². The summed E-state index contributed by atoms with van der Waals surface area (Å²) in [7, 11) is -0.771. The van der Waals surface area contributed by atoms with Crippen molar-refractivity contribution in [3.63, 3.8) is 0 Å². The molecule has 0 aliphatic heterocycles. The van der Waals surface area contributed by atoms with Gasteiger partial charge in [-0.15, -0.1) is 0 Å². The average molecular weight is 536 g/mol. The minimum atomic E-state index is -3.77. The molecule has 37 heavy (non-hydrogen) atoms. The van der Waals surface area contributed by atoms with E-state index in [1.807, 2.05) is 20.8 Å². The topological polar surface area (TPSA) is 165 Å². The Labute approximate surface area is 215 Å². The Balaban J connectivity index is 1.77. The number of hydrogen-bond acceptors (Lipinski definition) is 10. The number of rotatable bonds is 14. The van der Waals surface area contributed by atoms with Crippen LogP contribution in [0.4, 0.5) is 5.82 Å². The minimum absolute atomic E-state index is 0.0216. The fourth-order valence-electron chi connectivity index (χ4n) is 3.45. The third-order valence-electron chi connectivity index (χ3n) is 5.16. The van der Waals surface area contributed by atoms with E-state index in [-0.39, 0.29) is 30.7 Å². The number of imidazole rings is 1. The lowest BCUT2D eigenvalue weighted by Crippen LogP contribution is -2.48. The lowest BCUT2D eigenvalue weighted by atomic mass is 10.3. The van der Waals surface area contributed by atoms with Gasteiger partial charge in [-0.2, -0.15) is 0 Å². The number of amides is 1. The van der Waals surface area contributed by atoms with Gasteiger partial charge in [-0.1, -0.05) is 0 Å². The summed E-state index contributed by atoms with van der Waals surface area (Å²) in [6.07, 6.45) is 2.21. The number of methoxy groups -OCH3 is 2. The molecule has 0 aliphatic carbocycles. The van der Waals surface area contributed by atoms with Crippen LogP contribution in [0, 0.1) is 0 Å². The first-order valence-electron chi connectivity index (χ1n) is 11.7. The number of nitrogens with two attached hydrogens (primary N) is 1. The Morgan fingerprint density at radius 2 is 1.81 bits per heavy atom. The molecule has 2 unspecified atom stereocenters. The van der Waals surface area contributed by atoms with Crippen LogP contribution in [0.3, 0.4) is 0 Å². The molecule has 0 fully saturated rings. The number of anilines is 1. The highest BCUT2D eigenvalue weighted by Gasteiger charge is 2.33. The lowest BCUT2D eigenvalue weighted by Gasteiger charge is -2.27. The van der Waals surface area contributed by atoms with E-state index >= 15 is 0 Å². The van der Waals surface area contributed by atoms with Crippen molar-refractivity contribution >= 4 is 30.4 Å². The van der Waals surface area contributed by atoms with Crippen LogP contribution in [0.1, 0.15) is 20.8 Å². The summed E-state index contributed by atoms with van der Waals surface area (Å²) in [5.41, 5.74) is 6.91. The van der Waals surface area contributed by atoms with Crippen molar-refractivity contribution in [2.45, 2.75) is 45.5 Å². The van der Waals surface area contributed by atoms with Crippen molar-refractivity contribution in [3.05, 3.63) is 36.9 Å². The molecule has 1 amide bonds. The molecular formula is C23H34N7O6P. The first-order valence-corrected chi connectivity index (χ1v) is 13.5. The normalized spacial score (nSPS) is 14.8. The van der Waals surface area contributed by atoms with Crippen LogP contribution in [0.15, 0.2) is 36.9 Å². The number of nitrogen functional groups attached to an aromatic ring is 1. The summed E-state index contributed by atoms with van der Waals surface area (Å²) in [6.45, 7) is 5.81. The number of benzene rings is 1. The van der Waals surface area contributed by atoms with Crippen molar-refractivity contribution in [2.24, 2.45) is 0 Å². The third-order valence-corrected chi connectivity index (χ3v) is 6.86. The summed E-state index contributed by atoms with van der Waals surface area (Å²) in [6, 6.07) is 5.55. The molecule has 0 saturated heterocycles. The highest BCUT2D eigenvalue weighted by Crippen LogP contribution is 2.44. The number of fused-ring (bicyclic) bond motifs is 1. The van der Waals surface area contributed by atoms with Crippen molar-refractivity contribution in [1.29, 1.82) is 0 Å². The number of hydrogen-bond donors (Lipinski definition) is 3. The number of nitrogens with one attached hydrogen (secondary N) is 2. The first kappa shape index (κ1) is 28.3. The van der Waals surface area contributed by atoms with E-state index in [0.29, 0.717) is 29.2 Å². The Morgan fingerprint density at radius 1 is 1.11 bits per heavy atom. The quantitative estimate of drug-likeness (QED) is 0.259. The first-order chi connectivity index (χ1) is 17.6. The summed E-state index contributed by atoms with van der Waals surface area (Å²) >= 11 is 0. The molecule has 3 rings (SSSR count). The van der Waals surface area contributed by atoms with Gasteiger partial charge in [0.15, 0.2) is 11.5 Å². The third kappa shape index (κ3) is 7.86. The molecule has 3 aromatic rings. The number of carbonyl (C=O) groups is 1. The van der Waals surface area contributed by atoms with Crippen molar-refractivity contribution < 1.29 is 28.1 Å². The lowest BCUT2D eigenvalue weighted by molar-refractivity contribution is -0.124. The molecule has 4 N–H and O–H groups in total. The largest absolute Gasteiger partial charge is 0.497 e. The number of ether oxygens (including phenoxy) is 3. The Hall–Kier alpha value is -3.25. The zero-order valence-electron chi connectivity index (χ0n) is 21.6. The van der Waals surface area contributed by atoms with E-state index in [9.17, 15) is 9.36 Å². The summed E-state index contributed by atoms with van der Waals surface area (Å²) in [4.78, 5) is 25.2. The van der Waals surface area contributed by atoms with Gasteiger partial charge in [0.2, 0.25) is 5.91 Å². The Morgan fingerprint density at radius 3 is 2.46 bits per heavy atom.